The van der Waals surface area contributed by atoms with E-state index in [1.165, 1.54) is 39.0 Å². The van der Waals surface area contributed by atoms with Crippen LogP contribution in [0, 0.1) is 0 Å². The van der Waals surface area contributed by atoms with Crippen LogP contribution in [0.4, 0.5) is 0 Å². The van der Waals surface area contributed by atoms with Crippen LogP contribution in [0.1, 0.15) is 64.9 Å². The van der Waals surface area contributed by atoms with E-state index in [-0.39, 0.29) is 5.41 Å². The SMILES string of the molecule is CCCCCC(CC)(CC)c1ccccc1O.COc1ccnnn1. The van der Waals surface area contributed by atoms with Crippen molar-refractivity contribution in [2.75, 3.05) is 7.11 Å². The van der Waals surface area contributed by atoms with Gasteiger partial charge in [-0.25, -0.2) is 0 Å². The molecule has 0 spiro atoms. The highest BCUT2D eigenvalue weighted by Gasteiger charge is 2.29. The minimum absolute atomic E-state index is 0.167. The van der Waals surface area contributed by atoms with Crippen molar-refractivity contribution in [1.29, 1.82) is 0 Å². The number of hydrogen-bond donors (Lipinski definition) is 1. The van der Waals surface area contributed by atoms with Crippen molar-refractivity contribution in [3.05, 3.63) is 42.1 Å². The molecule has 0 saturated carbocycles. The molecule has 0 amide bonds. The Morgan fingerprint density at radius 2 is 1.76 bits per heavy atom. The molecule has 0 aliphatic heterocycles. The monoisotopic (exact) mass is 345 g/mol. The Labute approximate surface area is 151 Å². The van der Waals surface area contributed by atoms with Gasteiger partial charge in [-0.3, -0.25) is 0 Å². The summed E-state index contributed by atoms with van der Waals surface area (Å²) in [7, 11) is 1.53. The second-order valence-corrected chi connectivity index (χ2v) is 6.12. The van der Waals surface area contributed by atoms with Gasteiger partial charge in [-0.15, -0.1) is 5.10 Å². The largest absolute Gasteiger partial charge is 0.508 e. The number of unbranched alkanes of at least 4 members (excludes halogenated alkanes) is 2. The first kappa shape index (κ1) is 20.9. The van der Waals surface area contributed by atoms with Gasteiger partial charge in [0, 0.05) is 11.6 Å². The maximum atomic E-state index is 10.1. The van der Waals surface area contributed by atoms with Crippen LogP contribution >= 0.6 is 0 Å². The third kappa shape index (κ3) is 6.33. The lowest BCUT2D eigenvalue weighted by Crippen LogP contribution is -2.24. The topological polar surface area (TPSA) is 68.1 Å². The van der Waals surface area contributed by atoms with Crippen molar-refractivity contribution in [3.63, 3.8) is 0 Å². The third-order valence-electron chi connectivity index (χ3n) is 4.78. The van der Waals surface area contributed by atoms with Gasteiger partial charge in [0.2, 0.25) is 5.88 Å². The van der Waals surface area contributed by atoms with Gasteiger partial charge in [0.15, 0.2) is 0 Å². The van der Waals surface area contributed by atoms with Crippen LogP contribution in [-0.2, 0) is 5.41 Å². The minimum atomic E-state index is 0.167. The Balaban J connectivity index is 0.000000324. The van der Waals surface area contributed by atoms with Crippen molar-refractivity contribution in [3.8, 4) is 11.6 Å². The summed E-state index contributed by atoms with van der Waals surface area (Å²) in [4.78, 5) is 0. The minimum Gasteiger partial charge on any atom is -0.508 e. The van der Waals surface area contributed by atoms with E-state index in [1.54, 1.807) is 6.07 Å². The number of methoxy groups -OCH3 is 1. The van der Waals surface area contributed by atoms with Gasteiger partial charge in [-0.05, 0) is 36.0 Å². The lowest BCUT2D eigenvalue weighted by atomic mass is 9.72. The van der Waals surface area contributed by atoms with Crippen LogP contribution < -0.4 is 4.74 Å². The van der Waals surface area contributed by atoms with Crippen molar-refractivity contribution in [1.82, 2.24) is 15.4 Å². The molecule has 1 heterocycles. The maximum Gasteiger partial charge on any atom is 0.236 e. The molecule has 138 valence electrons. The van der Waals surface area contributed by atoms with Crippen molar-refractivity contribution in [2.45, 2.75) is 64.7 Å². The molecule has 5 nitrogen and oxygen atoms in total. The van der Waals surface area contributed by atoms with E-state index >= 15 is 0 Å². The molecule has 2 rings (SSSR count). The first-order chi connectivity index (χ1) is 12.1. The number of benzene rings is 1. The number of phenolic OH excluding ortho intramolecular Hbond substituents is 1. The van der Waals surface area contributed by atoms with Gasteiger partial charge in [0.25, 0.3) is 0 Å². The van der Waals surface area contributed by atoms with E-state index in [0.29, 0.717) is 11.6 Å². The number of phenols is 1. The smallest absolute Gasteiger partial charge is 0.236 e. The standard InChI is InChI=1S/C16H26O.C4H5N3O/c1-4-7-10-13-16(5-2,6-3)14-11-8-9-12-15(14)17;1-8-4-2-3-5-7-6-4/h8-9,11-12,17H,4-7,10,13H2,1-3H3;2-3H,1H3. The van der Waals surface area contributed by atoms with Gasteiger partial charge < -0.3 is 9.84 Å². The van der Waals surface area contributed by atoms with Crippen LogP contribution in [0.15, 0.2) is 36.5 Å². The fourth-order valence-corrected chi connectivity index (χ4v) is 3.09. The second kappa shape index (κ2) is 11.4. The van der Waals surface area contributed by atoms with Crippen LogP contribution in [-0.4, -0.2) is 27.6 Å². The quantitative estimate of drug-likeness (QED) is 0.688. The van der Waals surface area contributed by atoms with E-state index in [2.05, 4.69) is 42.2 Å². The predicted molar refractivity (Wildman–Crippen MR) is 101 cm³/mol. The Bertz CT molecular complexity index is 587. The fourth-order valence-electron chi connectivity index (χ4n) is 3.09. The average Bonchev–Trinajstić information content (AvgIpc) is 2.67. The maximum absolute atomic E-state index is 10.1. The van der Waals surface area contributed by atoms with Crippen molar-refractivity contribution < 1.29 is 9.84 Å². The molecule has 1 aromatic heterocycles. The summed E-state index contributed by atoms with van der Waals surface area (Å²) in [6, 6.07) is 9.48. The lowest BCUT2D eigenvalue weighted by molar-refractivity contribution is 0.333. The Kier molecular flexibility index (Phi) is 9.51. The van der Waals surface area contributed by atoms with Crippen molar-refractivity contribution >= 4 is 0 Å². The third-order valence-corrected chi connectivity index (χ3v) is 4.78. The summed E-state index contributed by atoms with van der Waals surface area (Å²) in [5, 5.41) is 20.4. The molecule has 0 fully saturated rings. The molecular weight excluding hydrogens is 314 g/mol. The molecule has 0 aliphatic rings. The summed E-state index contributed by atoms with van der Waals surface area (Å²) in [6.07, 6.45) is 8.71. The molecule has 1 N–H and O–H groups in total. The molecule has 25 heavy (non-hydrogen) atoms. The highest BCUT2D eigenvalue weighted by atomic mass is 16.5. The van der Waals surface area contributed by atoms with E-state index in [1.807, 2.05) is 18.2 Å². The van der Waals surface area contributed by atoms with E-state index in [0.717, 1.165) is 18.4 Å². The molecule has 2 aromatic rings. The summed E-state index contributed by atoms with van der Waals surface area (Å²) in [6.45, 7) is 6.71. The number of ether oxygens (including phenoxy) is 1. The van der Waals surface area contributed by atoms with Crippen LogP contribution in [0.2, 0.25) is 0 Å². The zero-order valence-corrected chi connectivity index (χ0v) is 15.9. The highest BCUT2D eigenvalue weighted by molar-refractivity contribution is 5.38. The molecule has 0 bridgehead atoms. The zero-order valence-electron chi connectivity index (χ0n) is 15.9. The first-order valence-electron chi connectivity index (χ1n) is 9.10. The summed E-state index contributed by atoms with van der Waals surface area (Å²) in [5.41, 5.74) is 1.31. The molecule has 0 radical (unpaired) electrons. The molecule has 5 heteroatoms. The summed E-state index contributed by atoms with van der Waals surface area (Å²) in [5.74, 6) is 0.952. The number of hydrogen-bond acceptors (Lipinski definition) is 5. The normalized spacial score (nSPS) is 10.7. The van der Waals surface area contributed by atoms with Crippen LogP contribution in [0.3, 0.4) is 0 Å². The van der Waals surface area contributed by atoms with Crippen LogP contribution in [0.5, 0.6) is 11.6 Å². The van der Waals surface area contributed by atoms with Gasteiger partial charge in [0.05, 0.1) is 13.3 Å². The average molecular weight is 345 g/mol. The lowest BCUT2D eigenvalue weighted by Gasteiger charge is -2.33. The molecule has 0 saturated heterocycles. The summed E-state index contributed by atoms with van der Waals surface area (Å²) >= 11 is 0. The van der Waals surface area contributed by atoms with Gasteiger partial charge in [-0.1, -0.05) is 63.3 Å². The molecule has 1 aromatic carbocycles. The number of aromatic nitrogens is 3. The van der Waals surface area contributed by atoms with E-state index in [4.69, 9.17) is 4.74 Å². The summed E-state index contributed by atoms with van der Waals surface area (Å²) < 4.78 is 4.70. The van der Waals surface area contributed by atoms with Crippen molar-refractivity contribution in [2.24, 2.45) is 0 Å². The molecular formula is C20H31N3O2. The van der Waals surface area contributed by atoms with E-state index in [9.17, 15) is 5.11 Å². The molecule has 0 aliphatic carbocycles. The zero-order chi connectivity index (χ0) is 18.5. The molecule has 0 atom stereocenters. The number of rotatable bonds is 8. The fraction of sp³-hybridized carbons (Fsp3) is 0.550. The predicted octanol–water partition coefficient (Wildman–Crippen LogP) is 4.91. The highest BCUT2D eigenvalue weighted by Crippen LogP contribution is 2.40. The van der Waals surface area contributed by atoms with Gasteiger partial charge in [0.1, 0.15) is 5.75 Å². The Morgan fingerprint density at radius 3 is 2.24 bits per heavy atom. The van der Waals surface area contributed by atoms with E-state index < -0.39 is 0 Å². The number of aromatic hydroxyl groups is 1. The Morgan fingerprint density at radius 1 is 1.04 bits per heavy atom. The number of nitrogens with zero attached hydrogens (tertiary/aromatic N) is 3. The second-order valence-electron chi connectivity index (χ2n) is 6.12. The molecule has 0 unspecified atom stereocenters. The first-order valence-corrected chi connectivity index (χ1v) is 9.10. The number of para-hydroxylation sites is 1. The van der Waals surface area contributed by atoms with Gasteiger partial charge in [-0.2, -0.15) is 0 Å². The van der Waals surface area contributed by atoms with Crippen LogP contribution in [0.25, 0.3) is 0 Å². The Hall–Kier alpha value is -2.17. The van der Waals surface area contributed by atoms with Gasteiger partial charge >= 0.3 is 0 Å².